The smallest absolute Gasteiger partial charge is 0.204 e. The maximum absolute atomic E-state index is 12.7. The summed E-state index contributed by atoms with van der Waals surface area (Å²) in [6.07, 6.45) is 9.56. The lowest BCUT2D eigenvalue weighted by atomic mass is 9.90. The SMILES string of the molecule is CCN(Cc1cc2c(s1)C(=O)c1ccncc1C2=O)C1CCCCC1. The summed E-state index contributed by atoms with van der Waals surface area (Å²) in [7, 11) is 0. The molecule has 2 aliphatic rings. The van der Waals surface area contributed by atoms with Crippen LogP contribution in [-0.2, 0) is 6.54 Å². The van der Waals surface area contributed by atoms with E-state index in [0.29, 0.717) is 27.6 Å². The number of carbonyl (C=O) groups excluding carboxylic acids is 2. The lowest BCUT2D eigenvalue weighted by Gasteiger charge is -2.33. The molecule has 0 bridgehead atoms. The summed E-state index contributed by atoms with van der Waals surface area (Å²) >= 11 is 1.49. The van der Waals surface area contributed by atoms with Crippen molar-refractivity contribution in [2.45, 2.75) is 51.6 Å². The average Bonchev–Trinajstić information content (AvgIpc) is 3.09. The molecule has 130 valence electrons. The Morgan fingerprint density at radius 3 is 2.68 bits per heavy atom. The molecule has 0 amide bonds. The first kappa shape index (κ1) is 16.6. The Bertz CT molecular complexity index is 768. The molecule has 0 spiro atoms. The molecule has 2 heterocycles. The zero-order chi connectivity index (χ0) is 17.4. The molecule has 0 atom stereocenters. The molecular formula is C20H22N2O2S. The fourth-order valence-electron chi connectivity index (χ4n) is 4.04. The molecule has 25 heavy (non-hydrogen) atoms. The Balaban J connectivity index is 1.61. The van der Waals surface area contributed by atoms with Gasteiger partial charge in [0.1, 0.15) is 0 Å². The number of pyridine rings is 1. The van der Waals surface area contributed by atoms with Crippen molar-refractivity contribution in [1.82, 2.24) is 9.88 Å². The number of carbonyl (C=O) groups is 2. The fraction of sp³-hybridized carbons (Fsp3) is 0.450. The standard InChI is InChI=1S/C20H22N2O2S/c1-2-22(13-6-4-3-5-7-13)12-14-10-16-18(23)17-11-21-9-8-15(17)19(24)20(16)25-14/h8-11,13H,2-7,12H2,1H3. The first-order valence-corrected chi connectivity index (χ1v) is 9.91. The highest BCUT2D eigenvalue weighted by atomic mass is 32.1. The molecule has 0 N–H and O–H groups in total. The number of thiophene rings is 1. The number of nitrogens with zero attached hydrogens (tertiary/aromatic N) is 2. The van der Waals surface area contributed by atoms with E-state index in [0.717, 1.165) is 18.0 Å². The second kappa shape index (κ2) is 6.81. The van der Waals surface area contributed by atoms with Gasteiger partial charge in [0.25, 0.3) is 0 Å². The van der Waals surface area contributed by atoms with Crippen LogP contribution in [0.4, 0.5) is 0 Å². The van der Waals surface area contributed by atoms with Crippen LogP contribution in [0.2, 0.25) is 0 Å². The molecule has 0 aromatic carbocycles. The summed E-state index contributed by atoms with van der Waals surface area (Å²) in [5, 5.41) is 0. The number of hydrogen-bond donors (Lipinski definition) is 0. The molecule has 4 nitrogen and oxygen atoms in total. The third-order valence-corrected chi connectivity index (χ3v) is 6.52. The predicted octanol–water partition coefficient (Wildman–Crippen LogP) is 4.07. The fourth-order valence-corrected chi connectivity index (χ4v) is 5.18. The van der Waals surface area contributed by atoms with Crippen molar-refractivity contribution in [3.8, 4) is 0 Å². The number of hydrogen-bond acceptors (Lipinski definition) is 5. The van der Waals surface area contributed by atoms with Gasteiger partial charge in [0.05, 0.1) is 10.4 Å². The van der Waals surface area contributed by atoms with Crippen molar-refractivity contribution in [3.05, 3.63) is 51.0 Å². The summed E-state index contributed by atoms with van der Waals surface area (Å²) in [6, 6.07) is 4.21. The maximum atomic E-state index is 12.7. The van der Waals surface area contributed by atoms with Gasteiger partial charge >= 0.3 is 0 Å². The molecule has 1 saturated carbocycles. The van der Waals surface area contributed by atoms with Crippen LogP contribution in [0.5, 0.6) is 0 Å². The molecule has 0 unspecified atom stereocenters. The van der Waals surface area contributed by atoms with Crippen molar-refractivity contribution >= 4 is 22.9 Å². The lowest BCUT2D eigenvalue weighted by molar-refractivity contribution is 0.0982. The molecule has 0 radical (unpaired) electrons. The Morgan fingerprint density at radius 2 is 1.92 bits per heavy atom. The first-order valence-electron chi connectivity index (χ1n) is 9.09. The normalized spacial score (nSPS) is 17.7. The van der Waals surface area contributed by atoms with Crippen LogP contribution < -0.4 is 0 Å². The van der Waals surface area contributed by atoms with Gasteiger partial charge in [0.2, 0.25) is 5.78 Å². The van der Waals surface area contributed by atoms with Gasteiger partial charge in [-0.05, 0) is 31.5 Å². The van der Waals surface area contributed by atoms with Crippen LogP contribution in [0.25, 0.3) is 0 Å². The maximum Gasteiger partial charge on any atom is 0.204 e. The lowest BCUT2D eigenvalue weighted by Crippen LogP contribution is -2.35. The Morgan fingerprint density at radius 1 is 1.12 bits per heavy atom. The third-order valence-electron chi connectivity index (χ3n) is 5.40. The third kappa shape index (κ3) is 2.96. The second-order valence-corrected chi connectivity index (χ2v) is 8.03. The minimum Gasteiger partial charge on any atom is -0.296 e. The molecule has 4 rings (SSSR count). The number of fused-ring (bicyclic) bond motifs is 2. The van der Waals surface area contributed by atoms with E-state index in [9.17, 15) is 9.59 Å². The second-order valence-electron chi connectivity index (χ2n) is 6.89. The summed E-state index contributed by atoms with van der Waals surface area (Å²) in [6.45, 7) is 4.02. The van der Waals surface area contributed by atoms with E-state index in [1.807, 2.05) is 6.07 Å². The summed E-state index contributed by atoms with van der Waals surface area (Å²) in [5.74, 6) is -0.107. The van der Waals surface area contributed by atoms with E-state index in [-0.39, 0.29) is 11.6 Å². The first-order chi connectivity index (χ1) is 12.2. The average molecular weight is 354 g/mol. The van der Waals surface area contributed by atoms with Gasteiger partial charge in [0.15, 0.2) is 5.78 Å². The zero-order valence-electron chi connectivity index (χ0n) is 14.5. The van der Waals surface area contributed by atoms with Crippen molar-refractivity contribution < 1.29 is 9.59 Å². The number of rotatable bonds is 4. The van der Waals surface area contributed by atoms with Crippen molar-refractivity contribution in [1.29, 1.82) is 0 Å². The largest absolute Gasteiger partial charge is 0.296 e. The van der Waals surface area contributed by atoms with E-state index in [1.54, 1.807) is 12.3 Å². The quantitative estimate of drug-likeness (QED) is 0.708. The van der Waals surface area contributed by atoms with Gasteiger partial charge in [-0.15, -0.1) is 11.3 Å². The van der Waals surface area contributed by atoms with Crippen LogP contribution >= 0.6 is 11.3 Å². The molecule has 1 fully saturated rings. The highest BCUT2D eigenvalue weighted by Crippen LogP contribution is 2.34. The van der Waals surface area contributed by atoms with E-state index >= 15 is 0 Å². The van der Waals surface area contributed by atoms with Crippen LogP contribution in [0.15, 0.2) is 24.5 Å². The van der Waals surface area contributed by atoms with E-state index in [1.165, 1.54) is 49.6 Å². The highest BCUT2D eigenvalue weighted by Gasteiger charge is 2.32. The van der Waals surface area contributed by atoms with Crippen LogP contribution in [0, 0.1) is 0 Å². The van der Waals surface area contributed by atoms with Gasteiger partial charge < -0.3 is 0 Å². The van der Waals surface area contributed by atoms with Crippen molar-refractivity contribution in [2.75, 3.05) is 6.54 Å². The molecule has 0 saturated heterocycles. The molecule has 0 aliphatic heterocycles. The van der Waals surface area contributed by atoms with Gasteiger partial charge in [0, 0.05) is 41.0 Å². The van der Waals surface area contributed by atoms with Gasteiger partial charge in [-0.1, -0.05) is 26.2 Å². The summed E-state index contributed by atoms with van der Waals surface area (Å²) in [5.41, 5.74) is 1.48. The Kier molecular flexibility index (Phi) is 4.52. The zero-order valence-corrected chi connectivity index (χ0v) is 15.3. The summed E-state index contributed by atoms with van der Waals surface area (Å²) < 4.78 is 0. The number of aromatic nitrogens is 1. The van der Waals surface area contributed by atoms with Crippen molar-refractivity contribution in [2.24, 2.45) is 0 Å². The van der Waals surface area contributed by atoms with Crippen LogP contribution in [0.3, 0.4) is 0 Å². The van der Waals surface area contributed by atoms with E-state index in [4.69, 9.17) is 0 Å². The number of ketones is 2. The van der Waals surface area contributed by atoms with Gasteiger partial charge in [-0.3, -0.25) is 19.5 Å². The monoisotopic (exact) mass is 354 g/mol. The topological polar surface area (TPSA) is 50.3 Å². The molecule has 2 aromatic heterocycles. The minimum atomic E-state index is -0.0686. The van der Waals surface area contributed by atoms with Crippen LogP contribution in [0.1, 0.15) is 75.1 Å². The van der Waals surface area contributed by atoms with Crippen molar-refractivity contribution in [3.63, 3.8) is 0 Å². The summed E-state index contributed by atoms with van der Waals surface area (Å²) in [4.78, 5) is 33.7. The van der Waals surface area contributed by atoms with E-state index < -0.39 is 0 Å². The molecule has 2 aliphatic carbocycles. The Labute approximate surface area is 151 Å². The predicted molar refractivity (Wildman–Crippen MR) is 98.4 cm³/mol. The molecule has 2 aromatic rings. The minimum absolute atomic E-state index is 0.0380. The van der Waals surface area contributed by atoms with E-state index in [2.05, 4.69) is 16.8 Å². The molecular weight excluding hydrogens is 332 g/mol. The highest BCUT2D eigenvalue weighted by molar-refractivity contribution is 7.14. The van der Waals surface area contributed by atoms with Crippen LogP contribution in [-0.4, -0.2) is 34.0 Å². The Hall–Kier alpha value is -1.85. The van der Waals surface area contributed by atoms with Gasteiger partial charge in [-0.25, -0.2) is 0 Å². The molecule has 5 heteroatoms. The van der Waals surface area contributed by atoms with Gasteiger partial charge in [-0.2, -0.15) is 0 Å².